The summed E-state index contributed by atoms with van der Waals surface area (Å²) in [5.41, 5.74) is 0.848. The summed E-state index contributed by atoms with van der Waals surface area (Å²) in [7, 11) is 0. The molecule has 9 nitrogen and oxygen atoms in total. The van der Waals surface area contributed by atoms with Gasteiger partial charge in [-0.15, -0.1) is 0 Å². The molecule has 0 radical (unpaired) electrons. The van der Waals surface area contributed by atoms with Crippen LogP contribution in [0.15, 0.2) is 67.0 Å². The van der Waals surface area contributed by atoms with Crippen LogP contribution in [-0.2, 0) is 0 Å². The number of carbonyl (C=O) groups is 3. The largest absolute Gasteiger partial charge is 0.507 e. The summed E-state index contributed by atoms with van der Waals surface area (Å²) in [5.74, 6) is -0.623. The minimum atomic E-state index is -0.456. The van der Waals surface area contributed by atoms with E-state index in [1.54, 1.807) is 54.9 Å². The number of phenolic OH excluding ortho intramolecular Hbond substituents is 1. The molecule has 37 heavy (non-hydrogen) atoms. The van der Waals surface area contributed by atoms with E-state index in [2.05, 4.69) is 20.9 Å². The first kappa shape index (κ1) is 25.8. The molecule has 4 N–H and O–H groups in total. The Hall–Kier alpha value is -4.24. The molecule has 192 valence electrons. The fourth-order valence-corrected chi connectivity index (χ4v) is 4.03. The zero-order valence-corrected chi connectivity index (χ0v) is 20.9. The van der Waals surface area contributed by atoms with Gasteiger partial charge in [-0.25, -0.2) is 0 Å². The van der Waals surface area contributed by atoms with Gasteiger partial charge in [0.15, 0.2) is 5.78 Å². The number of ether oxygens (including phenoxy) is 1. The third-order valence-corrected chi connectivity index (χ3v) is 5.84. The van der Waals surface area contributed by atoms with Gasteiger partial charge in [-0.05, 0) is 63.2 Å². The number of nitrogens with zero attached hydrogens (tertiary/aromatic N) is 1. The summed E-state index contributed by atoms with van der Waals surface area (Å²) < 4.78 is 5.80. The average Bonchev–Trinajstić information content (AvgIpc) is 3.30. The van der Waals surface area contributed by atoms with Gasteiger partial charge >= 0.3 is 0 Å². The number of benzene rings is 2. The van der Waals surface area contributed by atoms with Crippen LogP contribution in [0.3, 0.4) is 0 Å². The van der Waals surface area contributed by atoms with Gasteiger partial charge in [0, 0.05) is 42.2 Å². The van der Waals surface area contributed by atoms with Gasteiger partial charge in [0.1, 0.15) is 17.1 Å². The quantitative estimate of drug-likeness (QED) is 0.366. The summed E-state index contributed by atoms with van der Waals surface area (Å²) in [6.07, 6.45) is 3.10. The summed E-state index contributed by atoms with van der Waals surface area (Å²) in [6, 6.07) is 13.4. The van der Waals surface area contributed by atoms with Gasteiger partial charge in [0.2, 0.25) is 0 Å². The second-order valence-electron chi connectivity index (χ2n) is 9.85. The molecule has 3 aromatic rings. The number of carbonyl (C=O) groups excluding carboxylic acids is 3. The highest BCUT2D eigenvalue weighted by atomic mass is 16.5. The minimum absolute atomic E-state index is 0.115. The van der Waals surface area contributed by atoms with Crippen LogP contribution in [0.25, 0.3) is 0 Å². The number of aromatic hydroxyl groups is 1. The summed E-state index contributed by atoms with van der Waals surface area (Å²) in [4.78, 5) is 42.3. The topological polar surface area (TPSA) is 130 Å². The van der Waals surface area contributed by atoms with Gasteiger partial charge in [-0.3, -0.25) is 19.4 Å². The van der Waals surface area contributed by atoms with Gasteiger partial charge in [-0.2, -0.15) is 0 Å². The van der Waals surface area contributed by atoms with E-state index in [-0.39, 0.29) is 41.0 Å². The molecule has 2 atom stereocenters. The van der Waals surface area contributed by atoms with Crippen LogP contribution < -0.4 is 20.7 Å². The highest BCUT2D eigenvalue weighted by molar-refractivity contribution is 6.11. The van der Waals surface area contributed by atoms with Gasteiger partial charge in [0.05, 0.1) is 17.6 Å². The normalized spacial score (nSPS) is 17.2. The van der Waals surface area contributed by atoms with E-state index in [0.29, 0.717) is 35.5 Å². The van der Waals surface area contributed by atoms with Crippen LogP contribution >= 0.6 is 0 Å². The SMILES string of the molecule is CC(C)(C)Oc1ccc(O)c(C(=O)c2ccc(C(=O)N[C@@H]3CNC[C@H]3NC(=O)c3ccncc3)cc2)c1. The number of hydrogen-bond donors (Lipinski definition) is 4. The van der Waals surface area contributed by atoms with Gasteiger partial charge in [-0.1, -0.05) is 12.1 Å². The lowest BCUT2D eigenvalue weighted by Crippen LogP contribution is -2.51. The van der Waals surface area contributed by atoms with Crippen molar-refractivity contribution in [2.75, 3.05) is 13.1 Å². The molecule has 1 aliphatic heterocycles. The van der Waals surface area contributed by atoms with Gasteiger partial charge in [0.25, 0.3) is 11.8 Å². The Morgan fingerprint density at radius 2 is 1.41 bits per heavy atom. The molecule has 1 aliphatic rings. The van der Waals surface area contributed by atoms with Crippen LogP contribution in [-0.4, -0.2) is 58.5 Å². The van der Waals surface area contributed by atoms with Gasteiger partial charge < -0.3 is 25.8 Å². The van der Waals surface area contributed by atoms with Crippen molar-refractivity contribution in [1.82, 2.24) is 20.9 Å². The average molecular weight is 503 g/mol. The molecule has 0 bridgehead atoms. The zero-order valence-electron chi connectivity index (χ0n) is 20.9. The van der Waals surface area contributed by atoms with Crippen LogP contribution in [0.4, 0.5) is 0 Å². The third kappa shape index (κ3) is 6.50. The van der Waals surface area contributed by atoms with Crippen molar-refractivity contribution in [3.8, 4) is 11.5 Å². The molecule has 1 fully saturated rings. The Bertz CT molecular complexity index is 1290. The Morgan fingerprint density at radius 1 is 0.865 bits per heavy atom. The smallest absolute Gasteiger partial charge is 0.251 e. The summed E-state index contributed by atoms with van der Waals surface area (Å²) in [6.45, 7) is 6.71. The number of hydrogen-bond acceptors (Lipinski definition) is 7. The molecular formula is C28H30N4O5. The molecular weight excluding hydrogens is 472 g/mol. The second-order valence-corrected chi connectivity index (χ2v) is 9.85. The number of nitrogens with one attached hydrogen (secondary N) is 3. The van der Waals surface area contributed by atoms with Crippen molar-refractivity contribution in [2.24, 2.45) is 0 Å². The van der Waals surface area contributed by atoms with Crippen LogP contribution in [0.5, 0.6) is 11.5 Å². The van der Waals surface area contributed by atoms with E-state index in [4.69, 9.17) is 4.74 Å². The first-order chi connectivity index (χ1) is 17.6. The number of amides is 2. The number of rotatable bonds is 7. The predicted octanol–water partition coefficient (Wildman–Crippen LogP) is 2.70. The van der Waals surface area contributed by atoms with Crippen LogP contribution in [0, 0.1) is 0 Å². The highest BCUT2D eigenvalue weighted by Gasteiger charge is 2.30. The fourth-order valence-electron chi connectivity index (χ4n) is 4.03. The molecule has 0 saturated carbocycles. The van der Waals surface area contributed by atoms with Crippen LogP contribution in [0.1, 0.15) is 57.4 Å². The predicted molar refractivity (Wildman–Crippen MR) is 138 cm³/mol. The molecule has 2 heterocycles. The molecule has 4 rings (SSSR count). The van der Waals surface area contributed by atoms with Crippen molar-refractivity contribution in [3.63, 3.8) is 0 Å². The van der Waals surface area contributed by atoms with Crippen molar-refractivity contribution < 1.29 is 24.2 Å². The van der Waals surface area contributed by atoms with E-state index in [9.17, 15) is 19.5 Å². The zero-order chi connectivity index (χ0) is 26.6. The molecule has 0 aliphatic carbocycles. The Balaban J connectivity index is 1.41. The van der Waals surface area contributed by atoms with E-state index < -0.39 is 5.60 Å². The molecule has 0 spiro atoms. The van der Waals surface area contributed by atoms with Crippen LogP contribution in [0.2, 0.25) is 0 Å². The second kappa shape index (κ2) is 10.8. The molecule has 1 aromatic heterocycles. The number of phenols is 1. The Kier molecular flexibility index (Phi) is 7.54. The summed E-state index contributed by atoms with van der Waals surface area (Å²) >= 11 is 0. The first-order valence-electron chi connectivity index (χ1n) is 12.0. The standard InChI is InChI=1S/C28H30N4O5/c1-28(2,3)37-20-8-9-24(33)21(14-20)25(34)17-4-6-18(7-5-17)26(35)31-22-15-30-16-23(22)32-27(36)19-10-12-29-13-11-19/h4-14,22-23,30,33H,15-16H2,1-3H3,(H,31,35)(H,32,36)/t22-,23-/m1/s1. The lowest BCUT2D eigenvalue weighted by molar-refractivity contribution is 0.0896. The van der Waals surface area contributed by atoms with Crippen molar-refractivity contribution >= 4 is 17.6 Å². The third-order valence-electron chi connectivity index (χ3n) is 5.84. The van der Waals surface area contributed by atoms with E-state index in [1.807, 2.05) is 20.8 Å². The lowest BCUT2D eigenvalue weighted by Gasteiger charge is -2.22. The number of aromatic nitrogens is 1. The molecule has 9 heteroatoms. The van der Waals surface area contributed by atoms with Crippen molar-refractivity contribution in [3.05, 3.63) is 89.2 Å². The maximum Gasteiger partial charge on any atom is 0.251 e. The van der Waals surface area contributed by atoms with E-state index >= 15 is 0 Å². The number of ketones is 1. The Labute approximate surface area is 215 Å². The summed E-state index contributed by atoms with van der Waals surface area (Å²) in [5, 5.41) is 19.3. The van der Waals surface area contributed by atoms with E-state index in [1.165, 1.54) is 12.1 Å². The minimum Gasteiger partial charge on any atom is -0.507 e. The maximum absolute atomic E-state index is 13.0. The number of pyridine rings is 1. The Morgan fingerprint density at radius 3 is 1.97 bits per heavy atom. The first-order valence-corrected chi connectivity index (χ1v) is 12.0. The van der Waals surface area contributed by atoms with Crippen molar-refractivity contribution in [1.29, 1.82) is 0 Å². The molecule has 0 unspecified atom stereocenters. The molecule has 1 saturated heterocycles. The monoisotopic (exact) mass is 502 g/mol. The maximum atomic E-state index is 13.0. The highest BCUT2D eigenvalue weighted by Crippen LogP contribution is 2.28. The lowest BCUT2D eigenvalue weighted by atomic mass is 10.0. The molecule has 2 amide bonds. The van der Waals surface area contributed by atoms with E-state index in [0.717, 1.165) is 0 Å². The van der Waals surface area contributed by atoms with Crippen molar-refractivity contribution in [2.45, 2.75) is 38.5 Å². The fraction of sp³-hybridized carbons (Fsp3) is 0.286. The molecule has 2 aromatic carbocycles.